The number of benzene rings is 8. The van der Waals surface area contributed by atoms with E-state index in [0.717, 1.165) is 61.1 Å². The van der Waals surface area contributed by atoms with Gasteiger partial charge in [0.15, 0.2) is 5.82 Å². The zero-order valence-electron chi connectivity index (χ0n) is 24.5. The lowest BCUT2D eigenvalue weighted by atomic mass is 9.91. The Morgan fingerprint density at radius 2 is 1.13 bits per heavy atom. The molecule has 0 fully saturated rings. The molecule has 4 nitrogen and oxygen atoms in total. The second-order valence-corrected chi connectivity index (χ2v) is 12.1. The van der Waals surface area contributed by atoms with Crippen molar-refractivity contribution >= 4 is 87.1 Å². The third kappa shape index (κ3) is 3.03. The molecule has 11 aromatic rings. The Balaban J connectivity index is 1.37. The van der Waals surface area contributed by atoms with Gasteiger partial charge < -0.3 is 4.42 Å². The lowest BCUT2D eigenvalue weighted by Gasteiger charge is -2.14. The summed E-state index contributed by atoms with van der Waals surface area (Å²) in [7, 11) is 0. The molecule has 0 aliphatic heterocycles. The fraction of sp³-hybridized carbons (Fsp3) is 0. The molecule has 46 heavy (non-hydrogen) atoms. The smallest absolute Gasteiger partial charge is 0.165 e. The van der Waals surface area contributed by atoms with Crippen molar-refractivity contribution in [3.8, 4) is 17.1 Å². The highest BCUT2D eigenvalue weighted by molar-refractivity contribution is 6.38. The minimum atomic E-state index is 0.807. The van der Waals surface area contributed by atoms with E-state index in [1.165, 1.54) is 43.1 Å². The summed E-state index contributed by atoms with van der Waals surface area (Å²) in [5, 5.41) is 12.1. The number of rotatable bonds is 2. The standard InChI is InChI=1S/C42H23N3O/c1-2-11-25(12-3-1)40-42(44-41-31(43-40)22-23-35-39(41)29-14-6-7-19-34(29)46-35)45-32-17-8-15-27-28-21-20-24-10-4-5-13-26(24)36(28)30-16-9-18-33(45)38(30)37(27)32/h1-23H. The van der Waals surface area contributed by atoms with Crippen LogP contribution in [0.2, 0.25) is 0 Å². The van der Waals surface area contributed by atoms with Crippen LogP contribution in [0, 0.1) is 0 Å². The highest BCUT2D eigenvalue weighted by Crippen LogP contribution is 2.46. The maximum Gasteiger partial charge on any atom is 0.165 e. The Morgan fingerprint density at radius 3 is 2.00 bits per heavy atom. The Morgan fingerprint density at radius 1 is 0.435 bits per heavy atom. The van der Waals surface area contributed by atoms with Crippen molar-refractivity contribution in [3.63, 3.8) is 0 Å². The number of para-hydroxylation sites is 1. The first-order valence-corrected chi connectivity index (χ1v) is 15.6. The van der Waals surface area contributed by atoms with Crippen molar-refractivity contribution in [2.24, 2.45) is 0 Å². The van der Waals surface area contributed by atoms with Gasteiger partial charge in [-0.1, -0.05) is 109 Å². The van der Waals surface area contributed by atoms with Crippen LogP contribution in [0.15, 0.2) is 144 Å². The third-order valence-corrected chi connectivity index (χ3v) is 9.72. The third-order valence-electron chi connectivity index (χ3n) is 9.72. The molecule has 3 aromatic heterocycles. The molecule has 8 aromatic carbocycles. The minimum Gasteiger partial charge on any atom is -0.456 e. The molecular weight excluding hydrogens is 562 g/mol. The molecule has 0 aliphatic carbocycles. The molecule has 0 amide bonds. The largest absolute Gasteiger partial charge is 0.456 e. The van der Waals surface area contributed by atoms with Crippen LogP contribution in [0.4, 0.5) is 0 Å². The van der Waals surface area contributed by atoms with Crippen LogP contribution in [0.25, 0.3) is 104 Å². The van der Waals surface area contributed by atoms with E-state index in [9.17, 15) is 0 Å². The molecule has 0 saturated heterocycles. The van der Waals surface area contributed by atoms with Crippen molar-refractivity contribution in [1.82, 2.24) is 14.5 Å². The van der Waals surface area contributed by atoms with Crippen molar-refractivity contribution in [2.45, 2.75) is 0 Å². The molecule has 3 heterocycles. The van der Waals surface area contributed by atoms with Gasteiger partial charge in [-0.3, -0.25) is 4.57 Å². The summed E-state index contributed by atoms with van der Waals surface area (Å²) in [5.74, 6) is 0.807. The quantitative estimate of drug-likeness (QED) is 0.190. The first kappa shape index (κ1) is 24.1. The maximum atomic E-state index is 6.28. The van der Waals surface area contributed by atoms with Gasteiger partial charge in [-0.15, -0.1) is 0 Å². The zero-order chi connectivity index (χ0) is 29.9. The molecule has 4 heteroatoms. The molecule has 212 valence electrons. The Labute approximate surface area is 262 Å². The number of fused-ring (bicyclic) bond motifs is 10. The fourth-order valence-electron chi connectivity index (χ4n) is 7.82. The van der Waals surface area contributed by atoms with Gasteiger partial charge in [-0.05, 0) is 62.6 Å². The summed E-state index contributed by atoms with van der Waals surface area (Å²) in [6, 6.07) is 49.2. The van der Waals surface area contributed by atoms with Gasteiger partial charge in [-0.25, -0.2) is 9.97 Å². The minimum absolute atomic E-state index is 0.807. The van der Waals surface area contributed by atoms with Crippen LogP contribution in [0.1, 0.15) is 0 Å². The number of nitrogens with zero attached hydrogens (tertiary/aromatic N) is 3. The van der Waals surface area contributed by atoms with Gasteiger partial charge in [0.05, 0.1) is 21.9 Å². The Bertz CT molecular complexity index is 3020. The van der Waals surface area contributed by atoms with E-state index in [0.29, 0.717) is 0 Å². The highest BCUT2D eigenvalue weighted by Gasteiger charge is 2.24. The van der Waals surface area contributed by atoms with Gasteiger partial charge in [0.1, 0.15) is 22.4 Å². The Hall–Kier alpha value is -6.26. The van der Waals surface area contributed by atoms with Gasteiger partial charge in [0.2, 0.25) is 0 Å². The van der Waals surface area contributed by atoms with E-state index in [2.05, 4.69) is 114 Å². The zero-order valence-corrected chi connectivity index (χ0v) is 24.5. The average molecular weight is 586 g/mol. The van der Waals surface area contributed by atoms with E-state index >= 15 is 0 Å². The van der Waals surface area contributed by atoms with Crippen LogP contribution in [0.5, 0.6) is 0 Å². The van der Waals surface area contributed by atoms with E-state index in [4.69, 9.17) is 14.4 Å². The summed E-state index contributed by atoms with van der Waals surface area (Å²) < 4.78 is 8.62. The summed E-state index contributed by atoms with van der Waals surface area (Å²) in [4.78, 5) is 10.9. The van der Waals surface area contributed by atoms with E-state index in [1.54, 1.807) is 0 Å². The highest BCUT2D eigenvalue weighted by atomic mass is 16.3. The van der Waals surface area contributed by atoms with E-state index < -0.39 is 0 Å². The Kier molecular flexibility index (Phi) is 4.55. The molecule has 0 N–H and O–H groups in total. The molecule has 0 unspecified atom stereocenters. The predicted molar refractivity (Wildman–Crippen MR) is 190 cm³/mol. The molecule has 0 atom stereocenters. The first-order valence-electron chi connectivity index (χ1n) is 15.6. The summed E-state index contributed by atoms with van der Waals surface area (Å²) in [6.45, 7) is 0. The average Bonchev–Trinajstić information content (AvgIpc) is 3.67. The van der Waals surface area contributed by atoms with Crippen molar-refractivity contribution in [3.05, 3.63) is 140 Å². The summed E-state index contributed by atoms with van der Waals surface area (Å²) in [6.07, 6.45) is 0. The van der Waals surface area contributed by atoms with Gasteiger partial charge in [0, 0.05) is 21.7 Å². The molecule has 0 spiro atoms. The molecule has 11 rings (SSSR count). The van der Waals surface area contributed by atoms with Crippen molar-refractivity contribution in [1.29, 1.82) is 0 Å². The van der Waals surface area contributed by atoms with Crippen molar-refractivity contribution in [2.75, 3.05) is 0 Å². The molecular formula is C42H23N3O. The van der Waals surface area contributed by atoms with Crippen LogP contribution in [0.3, 0.4) is 0 Å². The molecule has 0 saturated carbocycles. The van der Waals surface area contributed by atoms with Crippen LogP contribution < -0.4 is 0 Å². The van der Waals surface area contributed by atoms with Crippen LogP contribution >= 0.6 is 0 Å². The summed E-state index contributed by atoms with van der Waals surface area (Å²) in [5.41, 5.74) is 7.45. The lowest BCUT2D eigenvalue weighted by Crippen LogP contribution is -2.03. The number of furan rings is 1. The normalized spacial score (nSPS) is 12.3. The second kappa shape index (κ2) is 8.68. The van der Waals surface area contributed by atoms with E-state index in [1.807, 2.05) is 30.3 Å². The monoisotopic (exact) mass is 585 g/mol. The van der Waals surface area contributed by atoms with Gasteiger partial charge in [-0.2, -0.15) is 0 Å². The van der Waals surface area contributed by atoms with Crippen molar-refractivity contribution < 1.29 is 4.42 Å². The number of hydrogen-bond acceptors (Lipinski definition) is 3. The van der Waals surface area contributed by atoms with E-state index in [-0.39, 0.29) is 0 Å². The molecule has 0 radical (unpaired) electrons. The topological polar surface area (TPSA) is 43.9 Å². The van der Waals surface area contributed by atoms with Gasteiger partial charge in [0.25, 0.3) is 0 Å². The number of hydrogen-bond donors (Lipinski definition) is 0. The predicted octanol–water partition coefficient (Wildman–Crippen LogP) is 11.2. The van der Waals surface area contributed by atoms with Crippen LogP contribution in [-0.4, -0.2) is 14.5 Å². The molecule has 0 aliphatic rings. The maximum absolute atomic E-state index is 6.28. The SMILES string of the molecule is c1ccc(-c2nc3ccc4oc5ccccc5c4c3nc2-n2c3cccc4c5ccc6ccccc6c5c5cccc2c5c43)cc1. The summed E-state index contributed by atoms with van der Waals surface area (Å²) >= 11 is 0. The fourth-order valence-corrected chi connectivity index (χ4v) is 7.82. The number of aromatic nitrogens is 3. The van der Waals surface area contributed by atoms with Crippen LogP contribution in [-0.2, 0) is 0 Å². The van der Waals surface area contributed by atoms with Gasteiger partial charge >= 0.3 is 0 Å². The molecule has 0 bridgehead atoms. The first-order chi connectivity index (χ1) is 22.8. The second-order valence-electron chi connectivity index (χ2n) is 12.1. The lowest BCUT2D eigenvalue weighted by molar-refractivity contribution is 0.669.